The van der Waals surface area contributed by atoms with Gasteiger partial charge in [0.2, 0.25) is 0 Å². The lowest BCUT2D eigenvalue weighted by Gasteiger charge is -2.05. The molecular weight excluding hydrogens is 330 g/mol. The Balaban J connectivity index is 1.99. The third-order valence-electron chi connectivity index (χ3n) is 3.56. The SMILES string of the molecule is CSc1ccc(-n2cnc3c(sc4ncnc(N)c43)c2=O)cc1. The second kappa shape index (κ2) is 5.32. The zero-order valence-corrected chi connectivity index (χ0v) is 13.7. The van der Waals surface area contributed by atoms with E-state index in [0.29, 0.717) is 26.3 Å². The number of nitrogen functional groups attached to an aromatic ring is 1. The van der Waals surface area contributed by atoms with Crippen molar-refractivity contribution in [3.8, 4) is 5.69 Å². The van der Waals surface area contributed by atoms with E-state index < -0.39 is 0 Å². The summed E-state index contributed by atoms with van der Waals surface area (Å²) in [5.74, 6) is 0.343. The molecule has 6 nitrogen and oxygen atoms in total. The fourth-order valence-electron chi connectivity index (χ4n) is 2.41. The maximum absolute atomic E-state index is 12.8. The summed E-state index contributed by atoms with van der Waals surface area (Å²) in [6, 6.07) is 7.76. The second-order valence-corrected chi connectivity index (χ2v) is 6.72. The van der Waals surface area contributed by atoms with Gasteiger partial charge in [0.1, 0.15) is 33.5 Å². The lowest BCUT2D eigenvalue weighted by molar-refractivity contribution is 0.965. The number of benzene rings is 1. The molecule has 0 atom stereocenters. The van der Waals surface area contributed by atoms with Gasteiger partial charge in [-0.15, -0.1) is 23.1 Å². The van der Waals surface area contributed by atoms with E-state index in [-0.39, 0.29) is 5.56 Å². The summed E-state index contributed by atoms with van der Waals surface area (Å²) in [7, 11) is 0. The summed E-state index contributed by atoms with van der Waals surface area (Å²) in [6.07, 6.45) is 4.93. The molecule has 2 N–H and O–H groups in total. The molecular formula is C15H11N5OS2. The van der Waals surface area contributed by atoms with Gasteiger partial charge in [-0.2, -0.15) is 0 Å². The summed E-state index contributed by atoms with van der Waals surface area (Å²) >= 11 is 2.94. The van der Waals surface area contributed by atoms with Crippen molar-refractivity contribution in [3.63, 3.8) is 0 Å². The van der Waals surface area contributed by atoms with E-state index in [2.05, 4.69) is 15.0 Å². The number of nitrogens with zero attached hydrogens (tertiary/aromatic N) is 4. The average molecular weight is 341 g/mol. The van der Waals surface area contributed by atoms with E-state index in [4.69, 9.17) is 5.73 Å². The van der Waals surface area contributed by atoms with Gasteiger partial charge < -0.3 is 5.73 Å². The highest BCUT2D eigenvalue weighted by Crippen LogP contribution is 2.31. The van der Waals surface area contributed by atoms with Crippen molar-refractivity contribution < 1.29 is 0 Å². The molecule has 8 heteroatoms. The van der Waals surface area contributed by atoms with Gasteiger partial charge in [-0.25, -0.2) is 15.0 Å². The molecule has 3 heterocycles. The first-order valence-electron chi connectivity index (χ1n) is 6.74. The molecule has 23 heavy (non-hydrogen) atoms. The minimum absolute atomic E-state index is 0.130. The molecule has 4 aromatic rings. The van der Waals surface area contributed by atoms with Crippen LogP contribution in [0.2, 0.25) is 0 Å². The summed E-state index contributed by atoms with van der Waals surface area (Å²) in [6.45, 7) is 0. The van der Waals surface area contributed by atoms with Crippen LogP contribution in [0.25, 0.3) is 26.1 Å². The van der Waals surface area contributed by atoms with Crippen LogP contribution in [0.5, 0.6) is 0 Å². The van der Waals surface area contributed by atoms with Crippen LogP contribution in [-0.2, 0) is 0 Å². The van der Waals surface area contributed by atoms with Crippen LogP contribution in [0.1, 0.15) is 0 Å². The molecule has 0 spiro atoms. The van der Waals surface area contributed by atoms with Gasteiger partial charge in [0.05, 0.1) is 11.1 Å². The summed E-state index contributed by atoms with van der Waals surface area (Å²) in [4.78, 5) is 27.2. The summed E-state index contributed by atoms with van der Waals surface area (Å²) in [5.41, 5.74) is 7.11. The van der Waals surface area contributed by atoms with E-state index >= 15 is 0 Å². The van der Waals surface area contributed by atoms with Crippen molar-refractivity contribution in [1.29, 1.82) is 0 Å². The third-order valence-corrected chi connectivity index (χ3v) is 5.38. The van der Waals surface area contributed by atoms with Gasteiger partial charge in [0, 0.05) is 4.90 Å². The van der Waals surface area contributed by atoms with Gasteiger partial charge in [0.15, 0.2) is 0 Å². The number of thioether (sulfide) groups is 1. The molecule has 3 aromatic heterocycles. The highest BCUT2D eigenvalue weighted by Gasteiger charge is 2.15. The predicted octanol–water partition coefficient (Wildman–Crippen LogP) is 2.69. The van der Waals surface area contributed by atoms with Gasteiger partial charge in [0.25, 0.3) is 5.56 Å². The van der Waals surface area contributed by atoms with Crippen LogP contribution in [-0.4, -0.2) is 25.8 Å². The van der Waals surface area contributed by atoms with Crippen LogP contribution in [0.3, 0.4) is 0 Å². The number of anilines is 1. The third kappa shape index (κ3) is 2.18. The summed E-state index contributed by atoms with van der Waals surface area (Å²) < 4.78 is 2.06. The minimum atomic E-state index is -0.130. The van der Waals surface area contributed by atoms with Gasteiger partial charge in [-0.3, -0.25) is 9.36 Å². The van der Waals surface area contributed by atoms with Gasteiger partial charge >= 0.3 is 0 Å². The highest BCUT2D eigenvalue weighted by molar-refractivity contribution is 7.98. The van der Waals surface area contributed by atoms with Crippen LogP contribution < -0.4 is 11.3 Å². The standard InChI is InChI=1S/C15H11N5OS2/c1-22-9-4-2-8(3-5-9)20-7-19-11-10-13(16)17-6-18-14(10)23-12(11)15(20)21/h2-7H,1H3,(H2,16,17,18). The molecule has 0 saturated carbocycles. The Hall–Kier alpha value is -2.45. The van der Waals surface area contributed by atoms with E-state index in [1.807, 2.05) is 30.5 Å². The van der Waals surface area contributed by atoms with Crippen molar-refractivity contribution >= 4 is 49.3 Å². The fraction of sp³-hybridized carbons (Fsp3) is 0.0667. The zero-order valence-electron chi connectivity index (χ0n) is 12.1. The molecule has 114 valence electrons. The first kappa shape index (κ1) is 14.2. The average Bonchev–Trinajstić information content (AvgIpc) is 2.96. The minimum Gasteiger partial charge on any atom is -0.383 e. The van der Waals surface area contributed by atoms with Crippen LogP contribution >= 0.6 is 23.1 Å². The van der Waals surface area contributed by atoms with Crippen molar-refractivity contribution in [3.05, 3.63) is 47.3 Å². The zero-order chi connectivity index (χ0) is 16.0. The molecule has 0 aliphatic carbocycles. The molecule has 0 aliphatic rings. The quantitative estimate of drug-likeness (QED) is 0.564. The Morgan fingerprint density at radius 1 is 1.17 bits per heavy atom. The maximum atomic E-state index is 12.8. The number of fused-ring (bicyclic) bond motifs is 3. The lowest BCUT2D eigenvalue weighted by Crippen LogP contribution is -2.17. The second-order valence-electron chi connectivity index (χ2n) is 4.84. The molecule has 0 fully saturated rings. The number of hydrogen-bond acceptors (Lipinski definition) is 7. The first-order valence-corrected chi connectivity index (χ1v) is 8.78. The highest BCUT2D eigenvalue weighted by atomic mass is 32.2. The van der Waals surface area contributed by atoms with Gasteiger partial charge in [-0.1, -0.05) is 0 Å². The van der Waals surface area contributed by atoms with E-state index in [1.54, 1.807) is 11.8 Å². The topological polar surface area (TPSA) is 86.7 Å². The molecule has 4 rings (SSSR count). The Morgan fingerprint density at radius 2 is 1.96 bits per heavy atom. The molecule has 1 aromatic carbocycles. The Bertz CT molecular complexity index is 1080. The van der Waals surface area contributed by atoms with Crippen LogP contribution in [0.15, 0.2) is 46.6 Å². The summed E-state index contributed by atoms with van der Waals surface area (Å²) in [5, 5.41) is 0.648. The number of rotatable bonds is 2. The lowest BCUT2D eigenvalue weighted by atomic mass is 10.3. The molecule has 0 amide bonds. The van der Waals surface area contributed by atoms with Crippen molar-refractivity contribution in [1.82, 2.24) is 19.5 Å². The first-order chi connectivity index (χ1) is 11.2. The molecule has 0 aliphatic heterocycles. The van der Waals surface area contributed by atoms with Crippen molar-refractivity contribution in [2.45, 2.75) is 4.90 Å². The van der Waals surface area contributed by atoms with Crippen LogP contribution in [0, 0.1) is 0 Å². The predicted molar refractivity (Wildman–Crippen MR) is 94.5 cm³/mol. The normalized spacial score (nSPS) is 11.3. The molecule has 0 unspecified atom stereocenters. The van der Waals surface area contributed by atoms with Crippen molar-refractivity contribution in [2.75, 3.05) is 12.0 Å². The maximum Gasteiger partial charge on any atom is 0.275 e. The number of nitrogens with two attached hydrogens (primary N) is 1. The van der Waals surface area contributed by atoms with Gasteiger partial charge in [-0.05, 0) is 30.5 Å². The van der Waals surface area contributed by atoms with E-state index in [1.165, 1.54) is 28.6 Å². The monoisotopic (exact) mass is 341 g/mol. The Morgan fingerprint density at radius 3 is 2.70 bits per heavy atom. The van der Waals surface area contributed by atoms with E-state index in [0.717, 1.165) is 10.6 Å². The smallest absolute Gasteiger partial charge is 0.275 e. The molecule has 0 radical (unpaired) electrons. The number of aromatic nitrogens is 4. The molecule has 0 bridgehead atoms. The number of hydrogen-bond donors (Lipinski definition) is 1. The van der Waals surface area contributed by atoms with E-state index in [9.17, 15) is 4.79 Å². The fourth-order valence-corrected chi connectivity index (χ4v) is 3.85. The Kier molecular flexibility index (Phi) is 3.28. The van der Waals surface area contributed by atoms with Crippen LogP contribution in [0.4, 0.5) is 5.82 Å². The van der Waals surface area contributed by atoms with Crippen molar-refractivity contribution in [2.24, 2.45) is 0 Å². The Labute approximate surface area is 139 Å². The molecule has 0 saturated heterocycles. The number of thiophene rings is 1. The largest absolute Gasteiger partial charge is 0.383 e.